The summed E-state index contributed by atoms with van der Waals surface area (Å²) in [6.45, 7) is 0. The van der Waals surface area contributed by atoms with Crippen LogP contribution in [-0.2, 0) is 9.73 Å². The molecule has 0 saturated carbocycles. The number of fused-ring (bicyclic) bond motifs is 1. The van der Waals surface area contributed by atoms with Gasteiger partial charge in [-0.25, -0.2) is 14.0 Å². The van der Waals surface area contributed by atoms with E-state index >= 15 is 0 Å². The van der Waals surface area contributed by atoms with Crippen LogP contribution in [0.5, 0.6) is 5.88 Å². The average Bonchev–Trinajstić information content (AvgIpc) is 2.60. The number of hydrogen-bond donors (Lipinski definition) is 1. The number of aromatic nitrogens is 1. The van der Waals surface area contributed by atoms with Crippen LogP contribution in [0.1, 0.15) is 5.56 Å². The molecule has 0 fully saturated rings. The summed E-state index contributed by atoms with van der Waals surface area (Å²) < 4.78 is 26.1. The molecule has 116 valence electrons. The van der Waals surface area contributed by atoms with E-state index in [-0.39, 0.29) is 0 Å². The standard InChI is InChI=1S/C18H16N2O2S/c1-22-18-15(7-4-11-20-18)10-12-23(19,21)17-9-8-14-5-2-3-6-16(14)13-17/h2-13,19H,1H3/b12-10+. The Bertz CT molecular complexity index is 979. The number of benzene rings is 2. The molecule has 5 heteroatoms. The lowest BCUT2D eigenvalue weighted by atomic mass is 10.1. The van der Waals surface area contributed by atoms with E-state index < -0.39 is 9.73 Å². The number of nitrogens with one attached hydrogen (secondary N) is 1. The van der Waals surface area contributed by atoms with Gasteiger partial charge >= 0.3 is 0 Å². The van der Waals surface area contributed by atoms with Crippen LogP contribution >= 0.6 is 0 Å². The maximum atomic E-state index is 12.7. The Morgan fingerprint density at radius 2 is 1.87 bits per heavy atom. The zero-order chi connectivity index (χ0) is 16.3. The van der Waals surface area contributed by atoms with Gasteiger partial charge in [-0.2, -0.15) is 0 Å². The van der Waals surface area contributed by atoms with Gasteiger partial charge in [-0.15, -0.1) is 0 Å². The molecule has 0 aliphatic heterocycles. The summed E-state index contributed by atoms with van der Waals surface area (Å²) in [6.07, 6.45) is 3.24. The molecule has 3 aromatic rings. The Morgan fingerprint density at radius 1 is 1.09 bits per heavy atom. The fourth-order valence-electron chi connectivity index (χ4n) is 2.30. The predicted octanol–water partition coefficient (Wildman–Crippen LogP) is 4.32. The van der Waals surface area contributed by atoms with E-state index in [0.29, 0.717) is 16.3 Å². The lowest BCUT2D eigenvalue weighted by Crippen LogP contribution is -1.95. The molecule has 0 radical (unpaired) electrons. The first-order valence-corrected chi connectivity index (χ1v) is 8.67. The van der Waals surface area contributed by atoms with Crippen molar-refractivity contribution in [1.82, 2.24) is 4.98 Å². The number of pyridine rings is 1. The van der Waals surface area contributed by atoms with Crippen molar-refractivity contribution in [2.45, 2.75) is 4.90 Å². The molecule has 0 amide bonds. The smallest absolute Gasteiger partial charge is 0.220 e. The molecule has 1 aromatic heterocycles. The first kappa shape index (κ1) is 15.2. The average molecular weight is 324 g/mol. The van der Waals surface area contributed by atoms with E-state index in [4.69, 9.17) is 9.52 Å². The van der Waals surface area contributed by atoms with Crippen LogP contribution in [0.25, 0.3) is 16.8 Å². The van der Waals surface area contributed by atoms with Crippen LogP contribution in [0.2, 0.25) is 0 Å². The van der Waals surface area contributed by atoms with E-state index in [2.05, 4.69) is 4.98 Å². The third-order valence-corrected chi connectivity index (χ3v) is 4.98. The SMILES string of the molecule is COc1ncccc1/C=C/S(=N)(=O)c1ccc2ccccc2c1. The minimum atomic E-state index is -3.04. The molecule has 2 aromatic carbocycles. The van der Waals surface area contributed by atoms with Gasteiger partial charge in [0.1, 0.15) is 0 Å². The summed E-state index contributed by atoms with van der Waals surface area (Å²) in [5, 5.41) is 3.43. The summed E-state index contributed by atoms with van der Waals surface area (Å²) in [5.74, 6) is 0.442. The van der Waals surface area contributed by atoms with Gasteiger partial charge in [0.2, 0.25) is 5.88 Å². The third-order valence-electron chi connectivity index (χ3n) is 3.50. The Balaban J connectivity index is 1.98. The predicted molar refractivity (Wildman–Crippen MR) is 92.9 cm³/mol. The Labute approximate surface area is 135 Å². The van der Waals surface area contributed by atoms with Gasteiger partial charge in [0.25, 0.3) is 0 Å². The van der Waals surface area contributed by atoms with Crippen molar-refractivity contribution in [3.8, 4) is 5.88 Å². The molecule has 0 spiro atoms. The Kier molecular flexibility index (Phi) is 4.12. The largest absolute Gasteiger partial charge is 0.481 e. The Morgan fingerprint density at radius 3 is 2.65 bits per heavy atom. The normalized spacial score (nSPS) is 14.0. The van der Waals surface area contributed by atoms with Crippen molar-refractivity contribution in [2.75, 3.05) is 7.11 Å². The molecule has 0 aliphatic carbocycles. The molecule has 0 saturated heterocycles. The van der Waals surface area contributed by atoms with Crippen molar-refractivity contribution < 1.29 is 8.95 Å². The summed E-state index contributed by atoms with van der Waals surface area (Å²) in [4.78, 5) is 4.57. The van der Waals surface area contributed by atoms with Crippen LogP contribution in [0.4, 0.5) is 0 Å². The summed E-state index contributed by atoms with van der Waals surface area (Å²) in [5.41, 5.74) is 0.691. The highest BCUT2D eigenvalue weighted by Crippen LogP contribution is 2.22. The topological polar surface area (TPSA) is 63.0 Å². The van der Waals surface area contributed by atoms with E-state index in [1.807, 2.05) is 30.3 Å². The second-order valence-electron chi connectivity index (χ2n) is 5.01. The van der Waals surface area contributed by atoms with Gasteiger partial charge in [-0.1, -0.05) is 30.3 Å². The maximum Gasteiger partial charge on any atom is 0.220 e. The van der Waals surface area contributed by atoms with Gasteiger partial charge in [0.15, 0.2) is 0 Å². The number of methoxy groups -OCH3 is 1. The Hall–Kier alpha value is -2.66. The highest BCUT2D eigenvalue weighted by Gasteiger charge is 2.08. The van der Waals surface area contributed by atoms with Crippen LogP contribution in [-0.4, -0.2) is 16.3 Å². The molecular formula is C18H16N2O2S. The number of hydrogen-bond acceptors (Lipinski definition) is 4. The summed E-state index contributed by atoms with van der Waals surface area (Å²) >= 11 is 0. The molecule has 1 unspecified atom stereocenters. The molecule has 1 atom stereocenters. The molecule has 0 bridgehead atoms. The second-order valence-corrected chi connectivity index (χ2v) is 6.96. The first-order chi connectivity index (χ1) is 11.1. The summed E-state index contributed by atoms with van der Waals surface area (Å²) in [6, 6.07) is 16.8. The van der Waals surface area contributed by atoms with Gasteiger partial charge in [-0.3, -0.25) is 0 Å². The lowest BCUT2D eigenvalue weighted by Gasteiger charge is -2.06. The number of nitrogens with zero attached hydrogens (tertiary/aromatic N) is 1. The van der Waals surface area contributed by atoms with Crippen molar-refractivity contribution >= 4 is 26.6 Å². The maximum absolute atomic E-state index is 12.7. The van der Waals surface area contributed by atoms with Crippen molar-refractivity contribution in [2.24, 2.45) is 0 Å². The number of rotatable bonds is 4. The van der Waals surface area contributed by atoms with Crippen LogP contribution in [0.15, 0.2) is 71.1 Å². The first-order valence-electron chi connectivity index (χ1n) is 7.05. The molecule has 1 N–H and O–H groups in total. The minimum Gasteiger partial charge on any atom is -0.481 e. The van der Waals surface area contributed by atoms with Gasteiger partial charge in [0.05, 0.1) is 21.7 Å². The van der Waals surface area contributed by atoms with E-state index in [1.165, 1.54) is 12.5 Å². The van der Waals surface area contributed by atoms with Crippen LogP contribution in [0, 0.1) is 4.78 Å². The highest BCUT2D eigenvalue weighted by molar-refractivity contribution is 7.95. The van der Waals surface area contributed by atoms with Crippen LogP contribution in [0.3, 0.4) is 0 Å². The second kappa shape index (κ2) is 6.22. The summed E-state index contributed by atoms with van der Waals surface area (Å²) in [7, 11) is -1.51. The quantitative estimate of drug-likeness (QED) is 0.777. The fourth-order valence-corrected chi connectivity index (χ4v) is 3.37. The minimum absolute atomic E-state index is 0.442. The van der Waals surface area contributed by atoms with Crippen molar-refractivity contribution in [1.29, 1.82) is 4.78 Å². The molecule has 3 rings (SSSR count). The van der Waals surface area contributed by atoms with Crippen LogP contribution < -0.4 is 4.74 Å². The number of ether oxygens (including phenoxy) is 1. The van der Waals surface area contributed by atoms with E-state index in [0.717, 1.165) is 10.8 Å². The zero-order valence-corrected chi connectivity index (χ0v) is 13.4. The highest BCUT2D eigenvalue weighted by atomic mass is 32.2. The third kappa shape index (κ3) is 3.24. The monoisotopic (exact) mass is 324 g/mol. The van der Waals surface area contributed by atoms with Crippen molar-refractivity contribution in [3.63, 3.8) is 0 Å². The van der Waals surface area contributed by atoms with E-state index in [1.54, 1.807) is 36.5 Å². The molecule has 1 heterocycles. The molecule has 0 aliphatic rings. The van der Waals surface area contributed by atoms with E-state index in [9.17, 15) is 4.21 Å². The molecular weight excluding hydrogens is 308 g/mol. The van der Waals surface area contributed by atoms with Gasteiger partial charge in [-0.05, 0) is 41.1 Å². The van der Waals surface area contributed by atoms with Gasteiger partial charge in [0, 0.05) is 17.2 Å². The van der Waals surface area contributed by atoms with Crippen molar-refractivity contribution in [3.05, 3.63) is 71.8 Å². The molecule has 4 nitrogen and oxygen atoms in total. The van der Waals surface area contributed by atoms with Gasteiger partial charge < -0.3 is 4.74 Å². The molecule has 23 heavy (non-hydrogen) atoms. The zero-order valence-electron chi connectivity index (χ0n) is 12.6. The lowest BCUT2D eigenvalue weighted by molar-refractivity contribution is 0.397. The fraction of sp³-hybridized carbons (Fsp3) is 0.0556.